The number of hydrogen-bond acceptors (Lipinski definition) is 4. The summed E-state index contributed by atoms with van der Waals surface area (Å²) in [5.41, 5.74) is 1.02. The van der Waals surface area contributed by atoms with Crippen LogP contribution in [0.2, 0.25) is 10.0 Å². The first-order valence-corrected chi connectivity index (χ1v) is 14.0. The van der Waals surface area contributed by atoms with Crippen molar-refractivity contribution in [1.29, 1.82) is 0 Å². The molecule has 1 aliphatic carbocycles. The van der Waals surface area contributed by atoms with Crippen LogP contribution in [0.3, 0.4) is 0 Å². The van der Waals surface area contributed by atoms with E-state index in [1.807, 2.05) is 80.3 Å². The topological polar surface area (TPSA) is 66.8 Å². The van der Waals surface area contributed by atoms with Gasteiger partial charge in [0.1, 0.15) is 6.61 Å². The van der Waals surface area contributed by atoms with Crippen molar-refractivity contribution in [3.8, 4) is 0 Å². The maximum Gasteiger partial charge on any atom is 0.249 e. The zero-order chi connectivity index (χ0) is 26.0. The molecule has 0 radical (unpaired) electrons. The summed E-state index contributed by atoms with van der Waals surface area (Å²) >= 11 is 11.5. The summed E-state index contributed by atoms with van der Waals surface area (Å²) in [6.45, 7) is 8.48. The van der Waals surface area contributed by atoms with Gasteiger partial charge in [-0.3, -0.25) is 9.00 Å². The van der Waals surface area contributed by atoms with Gasteiger partial charge < -0.3 is 14.7 Å². The highest BCUT2D eigenvalue weighted by Gasteiger charge is 2.44. The van der Waals surface area contributed by atoms with E-state index in [4.69, 9.17) is 33.0 Å². The molecular formula is C27H37Cl2NO4S. The first kappa shape index (κ1) is 29.8. The van der Waals surface area contributed by atoms with E-state index in [1.54, 1.807) is 6.92 Å². The van der Waals surface area contributed by atoms with Gasteiger partial charge in [-0.25, -0.2) is 0 Å². The van der Waals surface area contributed by atoms with Crippen LogP contribution in [0.1, 0.15) is 52.1 Å². The van der Waals surface area contributed by atoms with Gasteiger partial charge in [-0.1, -0.05) is 53.5 Å². The van der Waals surface area contributed by atoms with Crippen LogP contribution in [0.25, 0.3) is 0 Å². The van der Waals surface area contributed by atoms with Crippen molar-refractivity contribution in [2.24, 2.45) is 5.92 Å². The molecule has 194 valence electrons. The zero-order valence-corrected chi connectivity index (χ0v) is 23.3. The Labute approximate surface area is 222 Å². The highest BCUT2D eigenvalue weighted by atomic mass is 35.5. The minimum atomic E-state index is -0.995. The van der Waals surface area contributed by atoms with Crippen molar-refractivity contribution in [2.75, 3.05) is 25.6 Å². The molecule has 4 rings (SSSR count). The number of benzene rings is 2. The van der Waals surface area contributed by atoms with Crippen molar-refractivity contribution >= 4 is 39.9 Å². The molecule has 8 heteroatoms. The van der Waals surface area contributed by atoms with Crippen LogP contribution in [0.15, 0.2) is 54.6 Å². The summed E-state index contributed by atoms with van der Waals surface area (Å²) in [5.74, 6) is 0.974. The van der Waals surface area contributed by atoms with Crippen LogP contribution in [-0.4, -0.2) is 56.5 Å². The fourth-order valence-electron chi connectivity index (χ4n) is 3.69. The molecule has 3 unspecified atom stereocenters. The number of aliphatic hydroxyl groups is 1. The predicted molar refractivity (Wildman–Crippen MR) is 145 cm³/mol. The number of ether oxygens (including phenoxy) is 1. The quantitative estimate of drug-likeness (QED) is 0.511. The lowest BCUT2D eigenvalue weighted by Crippen LogP contribution is -2.53. The molecule has 0 spiro atoms. The van der Waals surface area contributed by atoms with Gasteiger partial charge in [-0.15, -0.1) is 0 Å². The third-order valence-corrected chi connectivity index (χ3v) is 8.16. The Bertz CT molecular complexity index is 930. The summed E-state index contributed by atoms with van der Waals surface area (Å²) in [6.07, 6.45) is 2.20. The average molecular weight is 543 g/mol. The van der Waals surface area contributed by atoms with Crippen LogP contribution in [-0.2, 0) is 20.3 Å². The number of morpholine rings is 1. The molecule has 2 aliphatic rings. The van der Waals surface area contributed by atoms with E-state index in [1.165, 1.54) is 0 Å². The molecule has 1 heterocycles. The second-order valence-electron chi connectivity index (χ2n) is 9.52. The SMILES string of the molecule is CC(C)(C)S(=O)CC(C1CC1)N1C(=O)COCC1c1ccc(Cl)cc1.CCO.Clc1ccccc1. The molecule has 0 aromatic heterocycles. The van der Waals surface area contributed by atoms with Gasteiger partial charge in [0.2, 0.25) is 5.91 Å². The van der Waals surface area contributed by atoms with Crippen LogP contribution in [0.4, 0.5) is 0 Å². The summed E-state index contributed by atoms with van der Waals surface area (Å²) < 4.78 is 18.0. The molecule has 1 amide bonds. The normalized spacial score (nSPS) is 19.6. The lowest BCUT2D eigenvalue weighted by molar-refractivity contribution is -0.152. The Morgan fingerprint density at radius 2 is 1.60 bits per heavy atom. The van der Waals surface area contributed by atoms with Crippen molar-refractivity contribution in [2.45, 2.75) is 57.4 Å². The highest BCUT2D eigenvalue weighted by molar-refractivity contribution is 7.86. The molecule has 2 aromatic carbocycles. The molecule has 35 heavy (non-hydrogen) atoms. The molecule has 2 aromatic rings. The average Bonchev–Trinajstić information content (AvgIpc) is 3.64. The van der Waals surface area contributed by atoms with Gasteiger partial charge in [0.15, 0.2) is 0 Å². The van der Waals surface area contributed by atoms with Crippen LogP contribution in [0, 0.1) is 5.92 Å². The first-order chi connectivity index (χ1) is 16.6. The summed E-state index contributed by atoms with van der Waals surface area (Å²) in [7, 11) is -0.995. The van der Waals surface area contributed by atoms with E-state index in [-0.39, 0.29) is 36.0 Å². The van der Waals surface area contributed by atoms with Gasteiger partial charge in [0.25, 0.3) is 0 Å². The molecule has 5 nitrogen and oxygen atoms in total. The zero-order valence-electron chi connectivity index (χ0n) is 21.0. The molecule has 3 atom stereocenters. The molecular weight excluding hydrogens is 505 g/mol. The largest absolute Gasteiger partial charge is 0.397 e. The fraction of sp³-hybridized carbons (Fsp3) is 0.519. The summed E-state index contributed by atoms with van der Waals surface area (Å²) in [6, 6.07) is 16.9. The number of hydrogen-bond donors (Lipinski definition) is 1. The highest BCUT2D eigenvalue weighted by Crippen LogP contribution is 2.40. The Kier molecular flexibility index (Phi) is 12.2. The molecule has 1 N–H and O–H groups in total. The van der Waals surface area contributed by atoms with E-state index in [9.17, 15) is 9.00 Å². The minimum absolute atomic E-state index is 0.00555. The van der Waals surface area contributed by atoms with Gasteiger partial charge in [0, 0.05) is 44.0 Å². The van der Waals surface area contributed by atoms with Crippen molar-refractivity contribution < 1.29 is 18.8 Å². The van der Waals surface area contributed by atoms with Crippen LogP contribution in [0.5, 0.6) is 0 Å². The number of halogens is 2. The molecule has 1 saturated heterocycles. The Balaban J connectivity index is 0.000000361. The second kappa shape index (κ2) is 14.3. The van der Waals surface area contributed by atoms with Crippen molar-refractivity contribution in [3.63, 3.8) is 0 Å². The molecule has 1 saturated carbocycles. The van der Waals surface area contributed by atoms with E-state index >= 15 is 0 Å². The monoisotopic (exact) mass is 541 g/mol. The molecule has 2 fully saturated rings. The molecule has 1 aliphatic heterocycles. The van der Waals surface area contributed by atoms with Gasteiger partial charge in [-0.2, -0.15) is 0 Å². The second-order valence-corrected chi connectivity index (χ2v) is 12.6. The summed E-state index contributed by atoms with van der Waals surface area (Å²) in [4.78, 5) is 14.7. The third-order valence-electron chi connectivity index (χ3n) is 5.64. The lowest BCUT2D eigenvalue weighted by Gasteiger charge is -2.42. The van der Waals surface area contributed by atoms with Crippen molar-refractivity contribution in [3.05, 3.63) is 70.2 Å². The predicted octanol–water partition coefficient (Wildman–Crippen LogP) is 5.90. The number of nitrogens with zero attached hydrogens (tertiary/aromatic N) is 1. The lowest BCUT2D eigenvalue weighted by atomic mass is 10.0. The maximum absolute atomic E-state index is 12.8. The Hall–Kier alpha value is -1.44. The third kappa shape index (κ3) is 9.85. The van der Waals surface area contributed by atoms with E-state index in [2.05, 4.69) is 0 Å². The number of carbonyl (C=O) groups excluding carboxylic acids is 1. The Morgan fingerprint density at radius 1 is 1.06 bits per heavy atom. The van der Waals surface area contributed by atoms with Crippen LogP contribution >= 0.6 is 23.2 Å². The van der Waals surface area contributed by atoms with E-state index < -0.39 is 10.8 Å². The van der Waals surface area contributed by atoms with Crippen LogP contribution < -0.4 is 0 Å². The van der Waals surface area contributed by atoms with Crippen molar-refractivity contribution in [1.82, 2.24) is 4.90 Å². The maximum atomic E-state index is 12.8. The number of aliphatic hydroxyl groups excluding tert-OH is 1. The van der Waals surface area contributed by atoms with Gasteiger partial charge in [-0.05, 0) is 76.3 Å². The number of rotatable bonds is 5. The Morgan fingerprint density at radius 3 is 2.06 bits per heavy atom. The summed E-state index contributed by atoms with van der Waals surface area (Å²) in [5, 5.41) is 9.04. The van der Waals surface area contributed by atoms with Gasteiger partial charge in [0.05, 0.1) is 12.6 Å². The van der Waals surface area contributed by atoms with Gasteiger partial charge >= 0.3 is 0 Å². The first-order valence-electron chi connectivity index (χ1n) is 11.9. The number of carbonyl (C=O) groups is 1. The minimum Gasteiger partial charge on any atom is -0.397 e. The number of amides is 1. The standard InChI is InChI=1S/C19H26ClNO3S.C6H5Cl.C2H6O/c1-19(2,3)25(23)12-17(14-4-5-14)21-16(10-24-11-18(21)22)13-6-8-15(20)9-7-13;7-6-4-2-1-3-5-6;1-2-3/h6-9,14,16-17H,4-5,10-12H2,1-3H3;1-5H;3H,2H2,1H3. The van der Waals surface area contributed by atoms with E-state index in [0.29, 0.717) is 23.3 Å². The fourth-order valence-corrected chi connectivity index (χ4v) is 5.20. The van der Waals surface area contributed by atoms with E-state index in [0.717, 1.165) is 23.4 Å². The smallest absolute Gasteiger partial charge is 0.249 e. The molecule has 0 bridgehead atoms.